The Kier molecular flexibility index (Phi) is 3.31. The third-order valence-electron chi connectivity index (χ3n) is 2.50. The van der Waals surface area contributed by atoms with Crippen molar-refractivity contribution in [3.8, 4) is 5.69 Å². The van der Waals surface area contributed by atoms with Crippen LogP contribution in [-0.2, 0) is 0 Å². The van der Waals surface area contributed by atoms with Crippen molar-refractivity contribution in [2.45, 2.75) is 19.8 Å². The van der Waals surface area contributed by atoms with Crippen molar-refractivity contribution >= 4 is 29.0 Å². The number of nitrogens with two attached hydrogens (primary N) is 1. The van der Waals surface area contributed by atoms with Crippen LogP contribution in [0, 0.1) is 0 Å². The lowest BCUT2D eigenvalue weighted by atomic mass is 10.1. The molecule has 1 aromatic heterocycles. The van der Waals surface area contributed by atoms with Gasteiger partial charge in [0, 0.05) is 5.02 Å². The molecule has 0 saturated carbocycles. The summed E-state index contributed by atoms with van der Waals surface area (Å²) in [5.41, 5.74) is 7.60. The highest BCUT2D eigenvalue weighted by Crippen LogP contribution is 2.30. The molecule has 1 heterocycles. The van der Waals surface area contributed by atoms with Gasteiger partial charge in [-0.2, -0.15) is 5.10 Å². The van der Waals surface area contributed by atoms with E-state index >= 15 is 0 Å². The largest absolute Gasteiger partial charge is 0.382 e. The Labute approximate surface area is 110 Å². The molecule has 17 heavy (non-hydrogen) atoms. The van der Waals surface area contributed by atoms with Gasteiger partial charge in [0.1, 0.15) is 10.8 Å². The van der Waals surface area contributed by atoms with E-state index < -0.39 is 0 Å². The minimum atomic E-state index is 0.235. The van der Waals surface area contributed by atoms with Crippen LogP contribution in [0.3, 0.4) is 0 Å². The van der Waals surface area contributed by atoms with E-state index in [9.17, 15) is 0 Å². The lowest BCUT2D eigenvalue weighted by Crippen LogP contribution is -2.02. The zero-order valence-corrected chi connectivity index (χ0v) is 11.1. The van der Waals surface area contributed by atoms with Crippen LogP contribution in [0.25, 0.3) is 5.69 Å². The van der Waals surface area contributed by atoms with Gasteiger partial charge >= 0.3 is 0 Å². The Morgan fingerprint density at radius 3 is 2.24 bits per heavy atom. The average molecular weight is 270 g/mol. The Morgan fingerprint density at radius 2 is 1.76 bits per heavy atom. The van der Waals surface area contributed by atoms with E-state index in [0.717, 1.165) is 11.4 Å². The molecule has 0 aliphatic heterocycles. The number of nitrogen functional groups attached to an aromatic ring is 1. The van der Waals surface area contributed by atoms with E-state index in [2.05, 4.69) is 5.10 Å². The quantitative estimate of drug-likeness (QED) is 0.899. The van der Waals surface area contributed by atoms with Crippen molar-refractivity contribution in [3.63, 3.8) is 0 Å². The Balaban J connectivity index is 2.53. The van der Waals surface area contributed by atoms with Crippen LogP contribution in [-0.4, -0.2) is 9.78 Å². The first-order chi connectivity index (χ1) is 8.00. The first-order valence-electron chi connectivity index (χ1n) is 5.30. The van der Waals surface area contributed by atoms with Crippen LogP contribution in [0.5, 0.6) is 0 Å². The first-order valence-corrected chi connectivity index (χ1v) is 6.06. The number of rotatable bonds is 2. The van der Waals surface area contributed by atoms with E-state index in [4.69, 9.17) is 28.9 Å². The summed E-state index contributed by atoms with van der Waals surface area (Å²) in [5, 5.41) is 5.62. The predicted molar refractivity (Wildman–Crippen MR) is 72.1 cm³/mol. The molecule has 0 saturated heterocycles. The second-order valence-corrected chi connectivity index (χ2v) is 4.94. The van der Waals surface area contributed by atoms with Crippen LogP contribution in [0.15, 0.2) is 24.3 Å². The molecule has 0 aliphatic rings. The minimum Gasteiger partial charge on any atom is -0.382 e. The maximum Gasteiger partial charge on any atom is 0.146 e. The molecule has 3 nitrogen and oxygen atoms in total. The summed E-state index contributed by atoms with van der Waals surface area (Å²) in [5.74, 6) is 0.691. The summed E-state index contributed by atoms with van der Waals surface area (Å²) >= 11 is 12.0. The van der Waals surface area contributed by atoms with Crippen LogP contribution in [0.2, 0.25) is 10.0 Å². The van der Waals surface area contributed by atoms with Gasteiger partial charge in [0.05, 0.1) is 11.4 Å². The monoisotopic (exact) mass is 269 g/mol. The molecular formula is C12H13Cl2N3. The fourth-order valence-electron chi connectivity index (χ4n) is 1.58. The van der Waals surface area contributed by atoms with Crippen molar-refractivity contribution in [3.05, 3.63) is 40.0 Å². The average Bonchev–Trinajstić information content (AvgIpc) is 2.58. The van der Waals surface area contributed by atoms with Crippen LogP contribution < -0.4 is 5.73 Å². The zero-order chi connectivity index (χ0) is 12.6. The van der Waals surface area contributed by atoms with Gasteiger partial charge in [0.25, 0.3) is 0 Å². The Bertz CT molecular complexity index is 529. The fourth-order valence-corrected chi connectivity index (χ4v) is 2.04. The van der Waals surface area contributed by atoms with E-state index in [1.807, 2.05) is 26.0 Å². The van der Waals surface area contributed by atoms with Gasteiger partial charge in [-0.05, 0) is 30.2 Å². The highest BCUT2D eigenvalue weighted by Gasteiger charge is 2.16. The lowest BCUT2D eigenvalue weighted by molar-refractivity contribution is 0.771. The summed E-state index contributed by atoms with van der Waals surface area (Å²) in [7, 11) is 0. The molecule has 1 aromatic carbocycles. The second-order valence-electron chi connectivity index (χ2n) is 4.13. The topological polar surface area (TPSA) is 43.8 Å². The maximum atomic E-state index is 6.16. The van der Waals surface area contributed by atoms with Gasteiger partial charge in [0.2, 0.25) is 0 Å². The number of anilines is 1. The van der Waals surface area contributed by atoms with E-state index in [0.29, 0.717) is 15.9 Å². The second kappa shape index (κ2) is 4.59. The van der Waals surface area contributed by atoms with E-state index in [-0.39, 0.29) is 5.92 Å². The smallest absolute Gasteiger partial charge is 0.146 e. The van der Waals surface area contributed by atoms with Gasteiger partial charge in [-0.3, -0.25) is 0 Å². The fraction of sp³-hybridized carbons (Fsp3) is 0.250. The third kappa shape index (κ3) is 2.26. The Hall–Kier alpha value is -1.19. The van der Waals surface area contributed by atoms with Gasteiger partial charge in [-0.1, -0.05) is 37.0 Å². The molecule has 0 atom stereocenters. The van der Waals surface area contributed by atoms with Crippen LogP contribution >= 0.6 is 23.2 Å². The van der Waals surface area contributed by atoms with Crippen molar-refractivity contribution in [2.75, 3.05) is 5.73 Å². The third-order valence-corrected chi connectivity index (χ3v) is 3.14. The predicted octanol–water partition coefficient (Wildman–Crippen LogP) is 3.88. The molecule has 0 unspecified atom stereocenters. The maximum absolute atomic E-state index is 6.16. The number of nitrogens with zero attached hydrogens (tertiary/aromatic N) is 2. The Morgan fingerprint density at radius 1 is 1.18 bits per heavy atom. The SMILES string of the molecule is CC(C)c1nn(-c2ccc(Cl)cc2)c(N)c1Cl. The highest BCUT2D eigenvalue weighted by atomic mass is 35.5. The molecule has 0 amide bonds. The van der Waals surface area contributed by atoms with Crippen molar-refractivity contribution < 1.29 is 0 Å². The molecule has 2 rings (SSSR count). The van der Waals surface area contributed by atoms with Gasteiger partial charge in [-0.25, -0.2) is 4.68 Å². The number of hydrogen-bond acceptors (Lipinski definition) is 2. The summed E-state index contributed by atoms with van der Waals surface area (Å²) in [6, 6.07) is 7.29. The summed E-state index contributed by atoms with van der Waals surface area (Å²) in [4.78, 5) is 0. The molecule has 5 heteroatoms. The van der Waals surface area contributed by atoms with E-state index in [1.54, 1.807) is 16.8 Å². The molecule has 2 N–H and O–H groups in total. The normalized spacial score (nSPS) is 11.1. The van der Waals surface area contributed by atoms with Crippen molar-refractivity contribution in [1.82, 2.24) is 9.78 Å². The lowest BCUT2D eigenvalue weighted by Gasteiger charge is -2.03. The summed E-state index contributed by atoms with van der Waals surface area (Å²) < 4.78 is 1.63. The number of benzene rings is 1. The van der Waals surface area contributed by atoms with Crippen LogP contribution in [0.1, 0.15) is 25.5 Å². The standard InChI is InChI=1S/C12H13Cl2N3/c1-7(2)11-10(14)12(15)17(16-11)9-5-3-8(13)4-6-9/h3-7H,15H2,1-2H3. The summed E-state index contributed by atoms with van der Waals surface area (Å²) in [6.45, 7) is 4.06. The number of aromatic nitrogens is 2. The van der Waals surface area contributed by atoms with Crippen molar-refractivity contribution in [1.29, 1.82) is 0 Å². The van der Waals surface area contributed by atoms with Gasteiger partial charge < -0.3 is 5.73 Å². The van der Waals surface area contributed by atoms with Gasteiger partial charge in [-0.15, -0.1) is 0 Å². The summed E-state index contributed by atoms with van der Waals surface area (Å²) in [6.07, 6.45) is 0. The molecule has 0 spiro atoms. The molecule has 0 bridgehead atoms. The van der Waals surface area contributed by atoms with Gasteiger partial charge in [0.15, 0.2) is 0 Å². The van der Waals surface area contributed by atoms with E-state index in [1.165, 1.54) is 0 Å². The highest BCUT2D eigenvalue weighted by molar-refractivity contribution is 6.33. The minimum absolute atomic E-state index is 0.235. The van der Waals surface area contributed by atoms with Crippen LogP contribution in [0.4, 0.5) is 5.82 Å². The molecule has 0 radical (unpaired) electrons. The molecule has 2 aromatic rings. The number of hydrogen-bond donors (Lipinski definition) is 1. The zero-order valence-electron chi connectivity index (χ0n) is 9.61. The molecule has 90 valence electrons. The number of halogens is 2. The molecular weight excluding hydrogens is 257 g/mol. The van der Waals surface area contributed by atoms with Crippen molar-refractivity contribution in [2.24, 2.45) is 0 Å². The molecule has 0 fully saturated rings. The first kappa shape index (κ1) is 12.3. The molecule has 0 aliphatic carbocycles.